The predicted molar refractivity (Wildman–Crippen MR) is 78.1 cm³/mol. The van der Waals surface area contributed by atoms with Gasteiger partial charge in [0.25, 0.3) is 0 Å². The maximum absolute atomic E-state index is 11.8. The second-order valence-electron chi connectivity index (χ2n) is 6.60. The van der Waals surface area contributed by atoms with Gasteiger partial charge in [-0.1, -0.05) is 26.2 Å². The van der Waals surface area contributed by atoms with Gasteiger partial charge in [0.15, 0.2) is 6.10 Å². The summed E-state index contributed by atoms with van der Waals surface area (Å²) in [6, 6.07) is -0.191. The largest absolute Gasteiger partial charge is 0.479 e. The van der Waals surface area contributed by atoms with Crippen LogP contribution in [0.15, 0.2) is 0 Å². The second-order valence-corrected chi connectivity index (χ2v) is 6.60. The molecule has 0 bridgehead atoms. The molecule has 0 spiro atoms. The molecule has 1 saturated carbocycles. The molecule has 1 aliphatic heterocycles. The summed E-state index contributed by atoms with van der Waals surface area (Å²) >= 11 is 0. The average molecular weight is 298 g/mol. The molecular formula is C15H26N2O4. The van der Waals surface area contributed by atoms with Crippen molar-refractivity contribution < 1.29 is 19.4 Å². The summed E-state index contributed by atoms with van der Waals surface area (Å²) in [6.45, 7) is 3.29. The zero-order valence-corrected chi connectivity index (χ0v) is 12.7. The average Bonchev–Trinajstić information content (AvgIpc) is 2.93. The van der Waals surface area contributed by atoms with E-state index in [1.165, 1.54) is 32.1 Å². The molecule has 2 unspecified atom stereocenters. The van der Waals surface area contributed by atoms with Crippen LogP contribution in [0.1, 0.15) is 51.9 Å². The Morgan fingerprint density at radius 3 is 2.52 bits per heavy atom. The van der Waals surface area contributed by atoms with Crippen molar-refractivity contribution >= 4 is 12.0 Å². The van der Waals surface area contributed by atoms with E-state index in [0.29, 0.717) is 25.9 Å². The molecule has 0 aromatic carbocycles. The maximum Gasteiger partial charge on any atom is 0.332 e. The first-order valence-corrected chi connectivity index (χ1v) is 7.88. The van der Waals surface area contributed by atoms with Gasteiger partial charge in [-0.25, -0.2) is 9.59 Å². The Morgan fingerprint density at radius 1 is 1.19 bits per heavy atom. The van der Waals surface area contributed by atoms with Crippen molar-refractivity contribution in [2.45, 2.75) is 64.1 Å². The third-order valence-corrected chi connectivity index (χ3v) is 4.61. The molecule has 120 valence electrons. The van der Waals surface area contributed by atoms with Crippen LogP contribution in [0, 0.1) is 5.41 Å². The van der Waals surface area contributed by atoms with Crippen LogP contribution < -0.4 is 10.6 Å². The van der Waals surface area contributed by atoms with E-state index >= 15 is 0 Å². The second kappa shape index (κ2) is 7.11. The lowest BCUT2D eigenvalue weighted by atomic mass is 9.76. The molecule has 2 aliphatic rings. The van der Waals surface area contributed by atoms with Crippen LogP contribution in [0.3, 0.4) is 0 Å². The highest BCUT2D eigenvalue weighted by atomic mass is 16.5. The third-order valence-electron chi connectivity index (χ3n) is 4.61. The lowest BCUT2D eigenvalue weighted by Crippen LogP contribution is -2.44. The van der Waals surface area contributed by atoms with E-state index in [4.69, 9.17) is 9.84 Å². The minimum absolute atomic E-state index is 0.191. The fraction of sp³-hybridized carbons (Fsp3) is 0.867. The lowest BCUT2D eigenvalue weighted by Gasteiger charge is -2.33. The highest BCUT2D eigenvalue weighted by Crippen LogP contribution is 2.34. The molecule has 0 aromatic heterocycles. The van der Waals surface area contributed by atoms with Crippen molar-refractivity contribution in [1.82, 2.24) is 10.6 Å². The Morgan fingerprint density at radius 2 is 1.90 bits per heavy atom. The summed E-state index contributed by atoms with van der Waals surface area (Å²) in [5.74, 6) is -0.924. The van der Waals surface area contributed by atoms with Gasteiger partial charge in [-0.15, -0.1) is 0 Å². The zero-order valence-electron chi connectivity index (χ0n) is 12.7. The molecule has 0 aromatic rings. The van der Waals surface area contributed by atoms with Crippen molar-refractivity contribution in [3.8, 4) is 0 Å². The zero-order chi connectivity index (χ0) is 15.3. The molecule has 2 rings (SSSR count). The predicted octanol–water partition coefficient (Wildman–Crippen LogP) is 1.89. The van der Waals surface area contributed by atoms with Gasteiger partial charge in [-0.05, 0) is 31.1 Å². The normalized spacial score (nSPS) is 28.0. The number of urea groups is 1. The van der Waals surface area contributed by atoms with E-state index in [-0.39, 0.29) is 17.6 Å². The van der Waals surface area contributed by atoms with Crippen LogP contribution in [0.4, 0.5) is 4.79 Å². The van der Waals surface area contributed by atoms with Crippen molar-refractivity contribution in [2.75, 3.05) is 13.1 Å². The first kappa shape index (κ1) is 16.1. The summed E-state index contributed by atoms with van der Waals surface area (Å²) in [4.78, 5) is 22.6. The Hall–Kier alpha value is -1.30. The van der Waals surface area contributed by atoms with E-state index in [0.717, 1.165) is 0 Å². The number of nitrogens with one attached hydrogen (secondary N) is 2. The smallest absolute Gasteiger partial charge is 0.332 e. The Labute approximate surface area is 125 Å². The molecule has 6 heteroatoms. The first-order valence-electron chi connectivity index (χ1n) is 7.88. The lowest BCUT2D eigenvalue weighted by molar-refractivity contribution is -0.149. The number of amides is 2. The van der Waals surface area contributed by atoms with Crippen LogP contribution in [-0.2, 0) is 9.53 Å². The Balaban J connectivity index is 1.63. The number of carbonyl (C=O) groups excluding carboxylic acids is 1. The molecule has 1 aliphatic carbocycles. The van der Waals surface area contributed by atoms with Gasteiger partial charge in [-0.2, -0.15) is 0 Å². The van der Waals surface area contributed by atoms with Crippen LogP contribution in [0.5, 0.6) is 0 Å². The quantitative estimate of drug-likeness (QED) is 0.723. The van der Waals surface area contributed by atoms with E-state index in [9.17, 15) is 9.59 Å². The number of carboxylic acid groups (broad SMARTS) is 1. The summed E-state index contributed by atoms with van der Waals surface area (Å²) in [5, 5.41) is 14.5. The van der Waals surface area contributed by atoms with E-state index in [1.807, 2.05) is 0 Å². The van der Waals surface area contributed by atoms with Gasteiger partial charge in [0, 0.05) is 13.1 Å². The van der Waals surface area contributed by atoms with Gasteiger partial charge >= 0.3 is 12.0 Å². The van der Waals surface area contributed by atoms with Crippen LogP contribution in [-0.4, -0.2) is 42.4 Å². The molecule has 6 nitrogen and oxygen atoms in total. The first-order chi connectivity index (χ1) is 9.98. The minimum atomic E-state index is -0.924. The fourth-order valence-electron chi connectivity index (χ4n) is 3.18. The monoisotopic (exact) mass is 298 g/mol. The molecule has 21 heavy (non-hydrogen) atoms. The van der Waals surface area contributed by atoms with Crippen molar-refractivity contribution in [3.63, 3.8) is 0 Å². The summed E-state index contributed by atoms with van der Waals surface area (Å²) in [5.41, 5.74) is 0.216. The van der Waals surface area contributed by atoms with Crippen molar-refractivity contribution in [1.29, 1.82) is 0 Å². The number of carboxylic acids is 1. The van der Waals surface area contributed by atoms with E-state index in [1.54, 1.807) is 0 Å². The molecular weight excluding hydrogens is 272 g/mol. The van der Waals surface area contributed by atoms with Gasteiger partial charge in [0.2, 0.25) is 0 Å². The molecule has 1 heterocycles. The van der Waals surface area contributed by atoms with E-state index in [2.05, 4.69) is 17.6 Å². The summed E-state index contributed by atoms with van der Waals surface area (Å²) in [7, 11) is 0. The number of hydrogen-bond donors (Lipinski definition) is 3. The van der Waals surface area contributed by atoms with Crippen LogP contribution >= 0.6 is 0 Å². The van der Waals surface area contributed by atoms with Gasteiger partial charge in [-0.3, -0.25) is 0 Å². The molecule has 2 atom stereocenters. The highest BCUT2D eigenvalue weighted by Gasteiger charge is 2.31. The molecule has 2 amide bonds. The minimum Gasteiger partial charge on any atom is -0.479 e. The standard InChI is InChI=1S/C15H26N2O4/c1-15(7-3-2-4-8-15)10-17-14(20)16-9-11-5-6-12(21-11)13(18)19/h11-12H,2-10H2,1H3,(H,18,19)(H2,16,17,20). The fourth-order valence-corrected chi connectivity index (χ4v) is 3.18. The Bertz CT molecular complexity index is 380. The summed E-state index contributed by atoms with van der Waals surface area (Å²) < 4.78 is 5.35. The van der Waals surface area contributed by atoms with Gasteiger partial charge in [0.1, 0.15) is 0 Å². The summed E-state index contributed by atoms with van der Waals surface area (Å²) in [6.07, 6.45) is 6.39. The van der Waals surface area contributed by atoms with Gasteiger partial charge < -0.3 is 20.5 Å². The van der Waals surface area contributed by atoms with Crippen LogP contribution in [0.2, 0.25) is 0 Å². The van der Waals surface area contributed by atoms with Crippen molar-refractivity contribution in [3.05, 3.63) is 0 Å². The molecule has 3 N–H and O–H groups in total. The number of aliphatic carboxylic acids is 1. The number of carbonyl (C=O) groups is 2. The van der Waals surface area contributed by atoms with E-state index < -0.39 is 12.1 Å². The van der Waals surface area contributed by atoms with Gasteiger partial charge in [0.05, 0.1) is 6.10 Å². The highest BCUT2D eigenvalue weighted by molar-refractivity contribution is 5.74. The Kier molecular flexibility index (Phi) is 5.45. The molecule has 2 fully saturated rings. The topological polar surface area (TPSA) is 87.7 Å². The number of ether oxygens (including phenoxy) is 1. The maximum atomic E-state index is 11.8. The third kappa shape index (κ3) is 4.88. The van der Waals surface area contributed by atoms with Crippen LogP contribution in [0.25, 0.3) is 0 Å². The van der Waals surface area contributed by atoms with Crippen molar-refractivity contribution in [2.24, 2.45) is 5.41 Å². The number of hydrogen-bond acceptors (Lipinski definition) is 3. The molecule has 1 saturated heterocycles. The molecule has 0 radical (unpaired) electrons. The SMILES string of the molecule is CC1(CNC(=O)NCC2CCC(C(=O)O)O2)CCCCC1. The number of rotatable bonds is 5.